The predicted molar refractivity (Wildman–Crippen MR) is 99.4 cm³/mol. The van der Waals surface area contributed by atoms with Crippen LogP contribution in [0, 0.1) is 0 Å². The van der Waals surface area contributed by atoms with Crippen LogP contribution < -0.4 is 5.32 Å². The van der Waals surface area contributed by atoms with Crippen LogP contribution in [0.5, 0.6) is 0 Å². The van der Waals surface area contributed by atoms with Crippen molar-refractivity contribution in [2.24, 2.45) is 0 Å². The lowest BCUT2D eigenvalue weighted by atomic mass is 10.2. The summed E-state index contributed by atoms with van der Waals surface area (Å²) in [7, 11) is 0. The smallest absolute Gasteiger partial charge is 0.328 e. The third kappa shape index (κ3) is 5.61. The number of nitrogens with one attached hydrogen (secondary N) is 1. The zero-order chi connectivity index (χ0) is 19.1. The minimum Gasteiger partial charge on any atom is -0.462 e. The molecule has 1 N–H and O–H groups in total. The maximum absolute atomic E-state index is 12.2. The molecule has 0 aliphatic carbocycles. The second-order valence-electron chi connectivity index (χ2n) is 6.16. The van der Waals surface area contributed by atoms with E-state index in [0.29, 0.717) is 19.5 Å². The van der Waals surface area contributed by atoms with Crippen LogP contribution in [0.15, 0.2) is 18.2 Å². The summed E-state index contributed by atoms with van der Waals surface area (Å²) >= 11 is 11.9. The molecular formula is C18H22Cl2N2O4. The molecule has 1 aromatic carbocycles. The maximum Gasteiger partial charge on any atom is 0.328 e. The molecule has 1 atom stereocenters. The number of esters is 1. The summed E-state index contributed by atoms with van der Waals surface area (Å²) in [5.41, 5.74) is 0.189. The van der Waals surface area contributed by atoms with Gasteiger partial charge in [0.25, 0.3) is 5.91 Å². The van der Waals surface area contributed by atoms with Gasteiger partial charge >= 0.3 is 5.97 Å². The third-order valence-electron chi connectivity index (χ3n) is 4.17. The van der Waals surface area contributed by atoms with Gasteiger partial charge in [0.15, 0.2) is 0 Å². The summed E-state index contributed by atoms with van der Waals surface area (Å²) in [5.74, 6) is -0.987. The number of likely N-dealkylation sites (tertiary alicyclic amines) is 1. The third-order valence-corrected chi connectivity index (χ3v) is 4.99. The van der Waals surface area contributed by atoms with Crippen molar-refractivity contribution in [1.29, 1.82) is 0 Å². The fourth-order valence-corrected chi connectivity index (χ4v) is 3.06. The van der Waals surface area contributed by atoms with Crippen molar-refractivity contribution in [2.45, 2.75) is 38.6 Å². The van der Waals surface area contributed by atoms with Gasteiger partial charge in [-0.25, -0.2) is 4.79 Å². The lowest BCUT2D eigenvalue weighted by Gasteiger charge is -2.21. The molecule has 0 saturated carbocycles. The number of halogens is 2. The quantitative estimate of drug-likeness (QED) is 0.744. The Morgan fingerprint density at radius 3 is 2.81 bits per heavy atom. The lowest BCUT2D eigenvalue weighted by Crippen LogP contribution is -2.41. The first-order valence-corrected chi connectivity index (χ1v) is 9.35. The molecule has 6 nitrogen and oxygen atoms in total. The molecule has 1 aliphatic rings. The van der Waals surface area contributed by atoms with Gasteiger partial charge < -0.3 is 15.0 Å². The Labute approximate surface area is 162 Å². The second-order valence-corrected chi connectivity index (χ2v) is 6.94. The molecule has 1 aromatic rings. The number of benzene rings is 1. The molecule has 0 aromatic heterocycles. The van der Waals surface area contributed by atoms with E-state index < -0.39 is 17.9 Å². The van der Waals surface area contributed by atoms with Crippen LogP contribution in [0.2, 0.25) is 10.0 Å². The number of nitrogens with zero attached hydrogens (tertiary/aromatic N) is 1. The first-order valence-electron chi connectivity index (χ1n) is 8.59. The summed E-state index contributed by atoms with van der Waals surface area (Å²) in [5, 5.41) is 2.93. The molecule has 142 valence electrons. The van der Waals surface area contributed by atoms with Gasteiger partial charge in [0.2, 0.25) is 5.91 Å². The molecule has 1 aliphatic heterocycles. The van der Waals surface area contributed by atoms with Crippen molar-refractivity contribution in [2.75, 3.05) is 19.7 Å². The van der Waals surface area contributed by atoms with Crippen molar-refractivity contribution in [3.63, 3.8) is 0 Å². The van der Waals surface area contributed by atoms with Crippen molar-refractivity contribution in [3.8, 4) is 0 Å². The molecule has 0 bridgehead atoms. The topological polar surface area (TPSA) is 75.7 Å². The Hall–Kier alpha value is -1.79. The van der Waals surface area contributed by atoms with Crippen molar-refractivity contribution < 1.29 is 19.1 Å². The van der Waals surface area contributed by atoms with Crippen LogP contribution in [-0.2, 0) is 14.3 Å². The Morgan fingerprint density at radius 2 is 2.04 bits per heavy atom. The molecule has 8 heteroatoms. The molecule has 2 amide bonds. The highest BCUT2D eigenvalue weighted by Crippen LogP contribution is 2.25. The van der Waals surface area contributed by atoms with E-state index in [1.165, 1.54) is 13.0 Å². The van der Waals surface area contributed by atoms with Gasteiger partial charge in [-0.15, -0.1) is 0 Å². The molecule has 1 saturated heterocycles. The molecular weight excluding hydrogens is 379 g/mol. The Bertz CT molecular complexity index is 681. The lowest BCUT2D eigenvalue weighted by molar-refractivity contribution is -0.147. The number of amides is 2. The van der Waals surface area contributed by atoms with E-state index in [1.54, 1.807) is 17.0 Å². The Kier molecular flexibility index (Phi) is 7.72. The predicted octanol–water partition coefficient (Wildman–Crippen LogP) is 3.06. The summed E-state index contributed by atoms with van der Waals surface area (Å²) in [6.07, 6.45) is 3.45. The number of rotatable bonds is 6. The van der Waals surface area contributed by atoms with Gasteiger partial charge in [0, 0.05) is 13.0 Å². The summed E-state index contributed by atoms with van der Waals surface area (Å²) in [6.45, 7) is 2.68. The van der Waals surface area contributed by atoms with Crippen LogP contribution >= 0.6 is 23.2 Å². The van der Waals surface area contributed by atoms with Gasteiger partial charge in [-0.3, -0.25) is 9.59 Å². The average molecular weight is 401 g/mol. The van der Waals surface area contributed by atoms with Crippen LogP contribution in [0.25, 0.3) is 0 Å². The Balaban J connectivity index is 1.80. The van der Waals surface area contributed by atoms with Gasteiger partial charge in [-0.1, -0.05) is 35.7 Å². The number of carbonyl (C=O) groups is 3. The maximum atomic E-state index is 12.2. The van der Waals surface area contributed by atoms with Gasteiger partial charge in [0.1, 0.15) is 12.6 Å². The molecule has 0 spiro atoms. The van der Waals surface area contributed by atoms with Crippen LogP contribution in [0.1, 0.15) is 43.0 Å². The van der Waals surface area contributed by atoms with Gasteiger partial charge in [0.05, 0.1) is 22.2 Å². The van der Waals surface area contributed by atoms with E-state index in [4.69, 9.17) is 27.9 Å². The number of hydrogen-bond donors (Lipinski definition) is 1. The molecule has 2 rings (SSSR count). The molecule has 1 unspecified atom stereocenters. The van der Waals surface area contributed by atoms with E-state index in [0.717, 1.165) is 19.3 Å². The zero-order valence-electron chi connectivity index (χ0n) is 14.6. The Morgan fingerprint density at radius 1 is 1.27 bits per heavy atom. The van der Waals surface area contributed by atoms with Gasteiger partial charge in [-0.05, 0) is 31.9 Å². The van der Waals surface area contributed by atoms with Crippen LogP contribution in [-0.4, -0.2) is 48.4 Å². The first kappa shape index (κ1) is 20.5. The molecule has 26 heavy (non-hydrogen) atoms. The van der Waals surface area contributed by atoms with Crippen molar-refractivity contribution >= 4 is 41.0 Å². The highest BCUT2D eigenvalue weighted by molar-refractivity contribution is 6.43. The fraction of sp³-hybridized carbons (Fsp3) is 0.500. The monoisotopic (exact) mass is 400 g/mol. The second kappa shape index (κ2) is 9.78. The molecule has 0 radical (unpaired) electrons. The standard InChI is InChI=1S/C18H22Cl2N2O4/c1-12(21-17(24)13-6-5-7-14(19)16(13)20)18(25)26-11-10-22-9-4-2-3-8-15(22)23/h5-7,12H,2-4,8-11H2,1H3,(H,21,24). The summed E-state index contributed by atoms with van der Waals surface area (Å²) in [6, 6.07) is 3.84. The largest absolute Gasteiger partial charge is 0.462 e. The zero-order valence-corrected chi connectivity index (χ0v) is 16.1. The van der Waals surface area contributed by atoms with Crippen LogP contribution in [0.3, 0.4) is 0 Å². The number of carbonyl (C=O) groups excluding carboxylic acids is 3. The molecule has 1 fully saturated rings. The normalized spacial score (nSPS) is 16.0. The van der Waals surface area contributed by atoms with Crippen molar-refractivity contribution in [1.82, 2.24) is 10.2 Å². The number of hydrogen-bond acceptors (Lipinski definition) is 4. The minimum absolute atomic E-state index is 0.0931. The van der Waals surface area contributed by atoms with Gasteiger partial charge in [-0.2, -0.15) is 0 Å². The van der Waals surface area contributed by atoms with E-state index >= 15 is 0 Å². The van der Waals surface area contributed by atoms with E-state index in [1.807, 2.05) is 0 Å². The van der Waals surface area contributed by atoms with E-state index in [2.05, 4.69) is 5.32 Å². The summed E-state index contributed by atoms with van der Waals surface area (Å²) < 4.78 is 5.18. The minimum atomic E-state index is -0.850. The number of ether oxygens (including phenoxy) is 1. The van der Waals surface area contributed by atoms with E-state index in [9.17, 15) is 14.4 Å². The average Bonchev–Trinajstić information content (AvgIpc) is 2.81. The fourth-order valence-electron chi connectivity index (χ4n) is 2.67. The highest BCUT2D eigenvalue weighted by Gasteiger charge is 2.21. The van der Waals surface area contributed by atoms with E-state index in [-0.39, 0.29) is 28.1 Å². The molecule has 1 heterocycles. The SMILES string of the molecule is CC(NC(=O)c1cccc(Cl)c1Cl)C(=O)OCCN1CCCCCC1=O. The highest BCUT2D eigenvalue weighted by atomic mass is 35.5. The van der Waals surface area contributed by atoms with Crippen molar-refractivity contribution in [3.05, 3.63) is 33.8 Å². The first-order chi connectivity index (χ1) is 12.4. The van der Waals surface area contributed by atoms with Crippen LogP contribution in [0.4, 0.5) is 0 Å². The summed E-state index contributed by atoms with van der Waals surface area (Å²) in [4.78, 5) is 37.9.